The minimum atomic E-state index is -5.08. The molecule has 1 saturated heterocycles. The summed E-state index contributed by atoms with van der Waals surface area (Å²) in [7, 11) is -3.84. The summed E-state index contributed by atoms with van der Waals surface area (Å²) in [5.41, 5.74) is 1.17. The van der Waals surface area contributed by atoms with Crippen molar-refractivity contribution in [3.05, 3.63) is 47.7 Å². The van der Waals surface area contributed by atoms with E-state index in [4.69, 9.17) is 9.90 Å². The van der Waals surface area contributed by atoms with Crippen LogP contribution in [0.15, 0.2) is 41.4 Å². The molecular formula is C23H28F3N3O6S. The summed E-state index contributed by atoms with van der Waals surface area (Å²) < 4.78 is 59.6. The normalized spacial score (nSPS) is 14.7. The zero-order valence-electron chi connectivity index (χ0n) is 19.9. The molecule has 0 spiro atoms. The van der Waals surface area contributed by atoms with Crippen LogP contribution in [0.25, 0.3) is 0 Å². The first kappa shape index (κ1) is 28.9. The molecule has 0 aliphatic carbocycles. The first-order valence-electron chi connectivity index (χ1n) is 11.0. The van der Waals surface area contributed by atoms with Crippen molar-refractivity contribution in [3.63, 3.8) is 0 Å². The highest BCUT2D eigenvalue weighted by atomic mass is 32.2. The Morgan fingerprint density at radius 3 is 2.08 bits per heavy atom. The number of anilines is 2. The third-order valence-electron chi connectivity index (χ3n) is 5.53. The number of aromatic nitrogens is 1. The average molecular weight is 532 g/mol. The van der Waals surface area contributed by atoms with Gasteiger partial charge in [-0.2, -0.15) is 13.2 Å². The smallest absolute Gasteiger partial charge is 0.478 e. The molecule has 2 aromatic rings. The van der Waals surface area contributed by atoms with Gasteiger partial charge in [0.15, 0.2) is 0 Å². The number of halogens is 3. The van der Waals surface area contributed by atoms with Crippen molar-refractivity contribution in [2.45, 2.75) is 50.6 Å². The Bertz CT molecular complexity index is 1180. The van der Waals surface area contributed by atoms with E-state index in [9.17, 15) is 31.5 Å². The molecular weight excluding hydrogens is 503 g/mol. The third-order valence-corrected chi connectivity index (χ3v) is 6.93. The van der Waals surface area contributed by atoms with Crippen LogP contribution in [0.5, 0.6) is 0 Å². The first-order chi connectivity index (χ1) is 16.6. The van der Waals surface area contributed by atoms with E-state index >= 15 is 0 Å². The lowest BCUT2D eigenvalue weighted by Crippen LogP contribution is -2.34. The van der Waals surface area contributed by atoms with Gasteiger partial charge in [-0.3, -0.25) is 4.72 Å². The number of carboxylic acid groups (broad SMARTS) is 2. The van der Waals surface area contributed by atoms with Crippen LogP contribution in [0.3, 0.4) is 0 Å². The van der Waals surface area contributed by atoms with Gasteiger partial charge in [-0.1, -0.05) is 32.9 Å². The van der Waals surface area contributed by atoms with E-state index < -0.39 is 28.1 Å². The molecule has 9 nitrogen and oxygen atoms in total. The van der Waals surface area contributed by atoms with Gasteiger partial charge in [0.1, 0.15) is 11.4 Å². The highest BCUT2D eigenvalue weighted by molar-refractivity contribution is 7.92. The van der Waals surface area contributed by atoms with Crippen LogP contribution in [0.2, 0.25) is 0 Å². The molecule has 0 radical (unpaired) electrons. The lowest BCUT2D eigenvalue weighted by molar-refractivity contribution is -0.192. The number of piperidine rings is 1. The third kappa shape index (κ3) is 7.83. The van der Waals surface area contributed by atoms with Crippen molar-refractivity contribution in [2.24, 2.45) is 5.92 Å². The van der Waals surface area contributed by atoms with E-state index in [1.807, 2.05) is 18.7 Å². The Hall–Kier alpha value is -3.35. The molecule has 0 unspecified atom stereocenters. The van der Waals surface area contributed by atoms with Gasteiger partial charge in [0.2, 0.25) is 0 Å². The minimum absolute atomic E-state index is 0.00471. The number of carbonyl (C=O) groups is 2. The van der Waals surface area contributed by atoms with Gasteiger partial charge < -0.3 is 15.1 Å². The maximum Gasteiger partial charge on any atom is 0.490 e. The van der Waals surface area contributed by atoms with Crippen LogP contribution in [-0.4, -0.2) is 54.8 Å². The summed E-state index contributed by atoms with van der Waals surface area (Å²) in [6.45, 7) is 7.72. The fourth-order valence-electron chi connectivity index (χ4n) is 3.39. The number of sulfonamides is 1. The molecule has 1 fully saturated rings. The molecule has 3 rings (SSSR count). The lowest BCUT2D eigenvalue weighted by atomic mass is 9.99. The highest BCUT2D eigenvalue weighted by Gasteiger charge is 2.38. The van der Waals surface area contributed by atoms with Crippen LogP contribution >= 0.6 is 0 Å². The van der Waals surface area contributed by atoms with Gasteiger partial charge in [-0.25, -0.2) is 23.0 Å². The maximum atomic E-state index is 12.7. The van der Waals surface area contributed by atoms with Crippen molar-refractivity contribution < 1.29 is 41.4 Å². The lowest BCUT2D eigenvalue weighted by Gasteiger charge is -2.32. The van der Waals surface area contributed by atoms with E-state index in [1.165, 1.54) is 12.3 Å². The molecule has 3 N–H and O–H groups in total. The van der Waals surface area contributed by atoms with E-state index in [2.05, 4.69) is 16.6 Å². The monoisotopic (exact) mass is 531 g/mol. The number of pyridine rings is 1. The number of aromatic carboxylic acids is 1. The summed E-state index contributed by atoms with van der Waals surface area (Å²) in [6.07, 6.45) is -1.76. The van der Waals surface area contributed by atoms with Gasteiger partial charge >= 0.3 is 18.1 Å². The van der Waals surface area contributed by atoms with E-state index in [0.717, 1.165) is 31.5 Å². The number of benzene rings is 1. The summed E-state index contributed by atoms with van der Waals surface area (Å²) in [4.78, 5) is 27.0. The van der Waals surface area contributed by atoms with Gasteiger partial charge in [0.05, 0.1) is 16.8 Å². The number of rotatable bonds is 6. The van der Waals surface area contributed by atoms with Crippen LogP contribution in [-0.2, 0) is 14.8 Å². The van der Waals surface area contributed by atoms with Crippen molar-refractivity contribution >= 4 is 33.5 Å². The van der Waals surface area contributed by atoms with Gasteiger partial charge in [-0.05, 0) is 48.4 Å². The van der Waals surface area contributed by atoms with Gasteiger partial charge in [0, 0.05) is 13.1 Å². The molecule has 1 aromatic carbocycles. The van der Waals surface area contributed by atoms with Crippen LogP contribution in [0, 0.1) is 5.92 Å². The van der Waals surface area contributed by atoms with Gasteiger partial charge in [-0.15, -0.1) is 0 Å². The Morgan fingerprint density at radius 1 is 1.11 bits per heavy atom. The molecule has 2 heterocycles. The molecule has 1 aromatic heterocycles. The zero-order chi connectivity index (χ0) is 27.3. The Balaban J connectivity index is 0.000000572. The standard InChI is InChI=1S/C21H27N3O4S.C2HF3O2/c1-14(2)16-4-6-18(7-5-16)29(27,28)23-17-12-19(21(25)26)20(22-13-17)24-10-8-15(3)9-11-24;3-2(4,5)1(6)7/h4-7,12-15,23H,8-11H2,1-3H3,(H,25,26);(H,6,7). The van der Waals surface area contributed by atoms with E-state index in [-0.39, 0.29) is 16.1 Å². The first-order valence-corrected chi connectivity index (χ1v) is 12.5. The number of nitrogens with one attached hydrogen (secondary N) is 1. The number of aliphatic carboxylic acids is 1. The summed E-state index contributed by atoms with van der Waals surface area (Å²) in [5.74, 6) is -2.60. The number of hydrogen-bond acceptors (Lipinski definition) is 6. The molecule has 1 aliphatic heterocycles. The Kier molecular flexibility index (Phi) is 9.30. The Morgan fingerprint density at radius 2 is 1.64 bits per heavy atom. The largest absolute Gasteiger partial charge is 0.490 e. The maximum absolute atomic E-state index is 12.7. The number of nitrogens with zero attached hydrogens (tertiary/aromatic N) is 2. The summed E-state index contributed by atoms with van der Waals surface area (Å²) >= 11 is 0. The molecule has 13 heteroatoms. The van der Waals surface area contributed by atoms with Crippen molar-refractivity contribution in [2.75, 3.05) is 22.7 Å². The van der Waals surface area contributed by atoms with Crippen LogP contribution in [0.4, 0.5) is 24.7 Å². The fourth-order valence-corrected chi connectivity index (χ4v) is 4.42. The predicted molar refractivity (Wildman–Crippen MR) is 127 cm³/mol. The topological polar surface area (TPSA) is 137 Å². The molecule has 0 amide bonds. The SMILES string of the molecule is CC1CCN(c2ncc(NS(=O)(=O)c3ccc(C(C)C)cc3)cc2C(=O)O)CC1.O=C(O)C(F)(F)F. The molecule has 0 bridgehead atoms. The highest BCUT2D eigenvalue weighted by Crippen LogP contribution is 2.27. The molecule has 198 valence electrons. The van der Waals surface area contributed by atoms with Gasteiger partial charge in [0.25, 0.3) is 10.0 Å². The van der Waals surface area contributed by atoms with Crippen molar-refractivity contribution in [1.29, 1.82) is 0 Å². The van der Waals surface area contributed by atoms with Crippen LogP contribution < -0.4 is 9.62 Å². The quantitative estimate of drug-likeness (QED) is 0.493. The molecule has 1 aliphatic rings. The second-order valence-corrected chi connectivity index (χ2v) is 10.4. The van der Waals surface area contributed by atoms with E-state index in [1.54, 1.807) is 24.3 Å². The predicted octanol–water partition coefficient (Wildman–Crippen LogP) is 4.57. The van der Waals surface area contributed by atoms with E-state index in [0.29, 0.717) is 17.7 Å². The second kappa shape index (κ2) is 11.6. The minimum Gasteiger partial charge on any atom is -0.478 e. The summed E-state index contributed by atoms with van der Waals surface area (Å²) in [6, 6.07) is 7.99. The molecule has 36 heavy (non-hydrogen) atoms. The molecule has 0 atom stereocenters. The number of hydrogen-bond donors (Lipinski definition) is 3. The average Bonchev–Trinajstić information content (AvgIpc) is 2.79. The van der Waals surface area contributed by atoms with Crippen LogP contribution in [0.1, 0.15) is 55.5 Å². The number of carboxylic acids is 2. The zero-order valence-corrected chi connectivity index (χ0v) is 20.7. The number of alkyl halides is 3. The van der Waals surface area contributed by atoms with Crippen molar-refractivity contribution in [1.82, 2.24) is 4.98 Å². The second-order valence-electron chi connectivity index (χ2n) is 8.70. The fraction of sp³-hybridized carbons (Fsp3) is 0.435. The summed E-state index contributed by atoms with van der Waals surface area (Å²) in [5, 5.41) is 16.8. The van der Waals surface area contributed by atoms with Crippen molar-refractivity contribution in [3.8, 4) is 0 Å². The Labute approximate surface area is 207 Å². The molecule has 0 saturated carbocycles.